The molecule has 1 fully saturated rings. The topological polar surface area (TPSA) is 62.2 Å². The Labute approximate surface area is 155 Å². The highest BCUT2D eigenvalue weighted by molar-refractivity contribution is 5.94. The van der Waals surface area contributed by atoms with E-state index >= 15 is 0 Å². The van der Waals surface area contributed by atoms with Crippen LogP contribution in [0.25, 0.3) is 0 Å². The Balaban J connectivity index is 1.66. The third-order valence-corrected chi connectivity index (χ3v) is 4.88. The second-order valence-corrected chi connectivity index (χ2v) is 8.06. The van der Waals surface area contributed by atoms with Crippen LogP contribution >= 0.6 is 0 Å². The van der Waals surface area contributed by atoms with Gasteiger partial charge in [-0.05, 0) is 87.8 Å². The Morgan fingerprint density at radius 2 is 1.96 bits per heavy atom. The van der Waals surface area contributed by atoms with Gasteiger partial charge in [-0.2, -0.15) is 0 Å². The number of aromatic nitrogens is 1. The van der Waals surface area contributed by atoms with Crippen LogP contribution in [0.1, 0.15) is 66.3 Å². The average molecular weight is 352 g/mol. The maximum Gasteiger partial charge on any atom is 0.251 e. The fraction of sp³-hybridized carbons (Fsp3) is 0.455. The van der Waals surface area contributed by atoms with Gasteiger partial charge in [-0.15, -0.1) is 0 Å². The van der Waals surface area contributed by atoms with E-state index in [1.165, 1.54) is 0 Å². The van der Waals surface area contributed by atoms with Crippen LogP contribution in [0.3, 0.4) is 0 Å². The van der Waals surface area contributed by atoms with Gasteiger partial charge in [0, 0.05) is 11.8 Å². The molecule has 3 rings (SSSR count). The number of aliphatic hydroxyl groups is 1. The largest absolute Gasteiger partial charge is 0.390 e. The van der Waals surface area contributed by atoms with Crippen LogP contribution in [-0.2, 0) is 6.42 Å². The molecule has 1 atom stereocenters. The Bertz CT molecular complexity index is 758. The average Bonchev–Trinajstić information content (AvgIpc) is 3.42. The van der Waals surface area contributed by atoms with Gasteiger partial charge in [-0.3, -0.25) is 9.78 Å². The first-order valence-electron chi connectivity index (χ1n) is 9.36. The van der Waals surface area contributed by atoms with Crippen molar-refractivity contribution in [2.24, 2.45) is 5.92 Å². The van der Waals surface area contributed by atoms with Crippen molar-refractivity contribution in [2.75, 3.05) is 0 Å². The molecule has 0 saturated heterocycles. The number of nitrogens with one attached hydrogen (secondary N) is 1. The second-order valence-electron chi connectivity index (χ2n) is 8.06. The summed E-state index contributed by atoms with van der Waals surface area (Å²) in [5.74, 6) is 0.429. The van der Waals surface area contributed by atoms with E-state index in [0.29, 0.717) is 17.9 Å². The molecule has 1 saturated carbocycles. The molecule has 26 heavy (non-hydrogen) atoms. The summed E-state index contributed by atoms with van der Waals surface area (Å²) in [6.45, 7) is 5.67. The van der Waals surface area contributed by atoms with Gasteiger partial charge in [-0.25, -0.2) is 0 Å². The van der Waals surface area contributed by atoms with E-state index in [4.69, 9.17) is 0 Å². The standard InChI is InChI=1S/C22H28N2O2/c1-15-11-13-23-19(14-15)20(17-8-9-17)24-21(25)18-6-4-16(5-7-18)10-12-22(2,3)26/h4-7,11,13-14,17,20,26H,8-10,12H2,1-3H3,(H,24,25)/t20-/m1/s1. The van der Waals surface area contributed by atoms with E-state index in [2.05, 4.69) is 16.4 Å². The van der Waals surface area contributed by atoms with Crippen molar-refractivity contribution in [3.63, 3.8) is 0 Å². The van der Waals surface area contributed by atoms with Gasteiger partial charge in [0.05, 0.1) is 17.3 Å². The molecule has 1 aromatic heterocycles. The highest BCUT2D eigenvalue weighted by atomic mass is 16.3. The zero-order chi connectivity index (χ0) is 18.7. The van der Waals surface area contributed by atoms with Gasteiger partial charge in [-0.1, -0.05) is 12.1 Å². The summed E-state index contributed by atoms with van der Waals surface area (Å²) in [6, 6.07) is 11.7. The first-order valence-corrected chi connectivity index (χ1v) is 9.36. The lowest BCUT2D eigenvalue weighted by Gasteiger charge is -2.19. The van der Waals surface area contributed by atoms with Crippen molar-refractivity contribution in [3.8, 4) is 0 Å². The van der Waals surface area contributed by atoms with Crippen molar-refractivity contribution >= 4 is 5.91 Å². The Morgan fingerprint density at radius 1 is 1.27 bits per heavy atom. The number of pyridine rings is 1. The molecular formula is C22H28N2O2. The molecule has 4 nitrogen and oxygen atoms in total. The van der Waals surface area contributed by atoms with Crippen LogP contribution in [0.15, 0.2) is 42.6 Å². The summed E-state index contributed by atoms with van der Waals surface area (Å²) in [7, 11) is 0. The van der Waals surface area contributed by atoms with Gasteiger partial charge < -0.3 is 10.4 Å². The van der Waals surface area contributed by atoms with Gasteiger partial charge in [0.25, 0.3) is 5.91 Å². The normalized spacial score (nSPS) is 15.5. The first-order chi connectivity index (χ1) is 12.3. The molecule has 0 aliphatic heterocycles. The number of carbonyl (C=O) groups excluding carboxylic acids is 1. The summed E-state index contributed by atoms with van der Waals surface area (Å²) in [5, 5.41) is 13.0. The van der Waals surface area contributed by atoms with Gasteiger partial charge >= 0.3 is 0 Å². The Hall–Kier alpha value is -2.20. The van der Waals surface area contributed by atoms with Crippen molar-refractivity contribution in [2.45, 2.75) is 58.1 Å². The number of benzene rings is 1. The van der Waals surface area contributed by atoms with E-state index in [1.807, 2.05) is 57.3 Å². The van der Waals surface area contributed by atoms with Crippen LogP contribution in [0.4, 0.5) is 0 Å². The third-order valence-electron chi connectivity index (χ3n) is 4.88. The molecule has 1 amide bonds. The van der Waals surface area contributed by atoms with Crippen molar-refractivity contribution in [3.05, 3.63) is 65.0 Å². The first kappa shape index (κ1) is 18.6. The molecule has 4 heteroatoms. The van der Waals surface area contributed by atoms with Crippen molar-refractivity contribution < 1.29 is 9.90 Å². The molecule has 1 aromatic carbocycles. The number of rotatable bonds is 7. The zero-order valence-corrected chi connectivity index (χ0v) is 15.8. The minimum absolute atomic E-state index is 0.0164. The molecular weight excluding hydrogens is 324 g/mol. The summed E-state index contributed by atoms with van der Waals surface area (Å²) in [6.07, 6.45) is 5.57. The van der Waals surface area contributed by atoms with E-state index in [9.17, 15) is 9.90 Å². The van der Waals surface area contributed by atoms with Crippen LogP contribution in [0, 0.1) is 12.8 Å². The molecule has 0 spiro atoms. The molecule has 138 valence electrons. The van der Waals surface area contributed by atoms with Crippen LogP contribution in [0.2, 0.25) is 0 Å². The van der Waals surface area contributed by atoms with Gasteiger partial charge in [0.2, 0.25) is 0 Å². The lowest BCUT2D eigenvalue weighted by Crippen LogP contribution is -2.30. The zero-order valence-electron chi connectivity index (χ0n) is 15.8. The SMILES string of the molecule is Cc1ccnc([C@H](NC(=O)c2ccc(CCC(C)(C)O)cc2)C2CC2)c1. The number of amides is 1. The lowest BCUT2D eigenvalue weighted by molar-refractivity contribution is 0.0713. The molecule has 1 heterocycles. The molecule has 0 radical (unpaired) electrons. The smallest absolute Gasteiger partial charge is 0.251 e. The summed E-state index contributed by atoms with van der Waals surface area (Å²) in [4.78, 5) is 17.2. The fourth-order valence-corrected chi connectivity index (χ4v) is 3.09. The van der Waals surface area contributed by atoms with Crippen LogP contribution < -0.4 is 5.32 Å². The minimum atomic E-state index is -0.672. The van der Waals surface area contributed by atoms with E-state index in [-0.39, 0.29) is 11.9 Å². The monoisotopic (exact) mass is 352 g/mol. The molecule has 1 aliphatic rings. The fourth-order valence-electron chi connectivity index (χ4n) is 3.09. The van der Waals surface area contributed by atoms with E-state index in [0.717, 1.165) is 36.1 Å². The molecule has 2 N–H and O–H groups in total. The third kappa shape index (κ3) is 5.15. The predicted octanol–water partition coefficient (Wildman–Crippen LogP) is 3.97. The second kappa shape index (κ2) is 7.58. The maximum absolute atomic E-state index is 12.7. The van der Waals surface area contributed by atoms with Crippen molar-refractivity contribution in [1.82, 2.24) is 10.3 Å². The highest BCUT2D eigenvalue weighted by Gasteiger charge is 2.34. The lowest BCUT2D eigenvalue weighted by atomic mass is 9.98. The molecule has 0 unspecified atom stereocenters. The Morgan fingerprint density at radius 3 is 2.54 bits per heavy atom. The maximum atomic E-state index is 12.7. The van der Waals surface area contributed by atoms with Crippen LogP contribution in [-0.4, -0.2) is 21.6 Å². The van der Waals surface area contributed by atoms with E-state index < -0.39 is 5.60 Å². The highest BCUT2D eigenvalue weighted by Crippen LogP contribution is 2.40. The number of hydrogen-bond acceptors (Lipinski definition) is 3. The van der Waals surface area contributed by atoms with Gasteiger partial charge in [0.1, 0.15) is 0 Å². The number of nitrogens with zero attached hydrogens (tertiary/aromatic N) is 1. The van der Waals surface area contributed by atoms with Crippen molar-refractivity contribution in [1.29, 1.82) is 0 Å². The molecule has 1 aliphatic carbocycles. The minimum Gasteiger partial charge on any atom is -0.390 e. The number of aryl methyl sites for hydroxylation is 2. The van der Waals surface area contributed by atoms with Crippen LogP contribution in [0.5, 0.6) is 0 Å². The number of hydrogen-bond donors (Lipinski definition) is 2. The molecule has 0 bridgehead atoms. The summed E-state index contributed by atoms with van der Waals surface area (Å²) >= 11 is 0. The Kier molecular flexibility index (Phi) is 5.42. The summed E-state index contributed by atoms with van der Waals surface area (Å²) in [5.41, 5.74) is 3.22. The predicted molar refractivity (Wildman–Crippen MR) is 103 cm³/mol. The molecule has 2 aromatic rings. The van der Waals surface area contributed by atoms with E-state index in [1.54, 1.807) is 0 Å². The number of carbonyl (C=O) groups is 1. The summed E-state index contributed by atoms with van der Waals surface area (Å²) < 4.78 is 0. The quantitative estimate of drug-likeness (QED) is 0.792. The van der Waals surface area contributed by atoms with Gasteiger partial charge in [0.15, 0.2) is 0 Å².